The van der Waals surface area contributed by atoms with Crippen LogP contribution in [-0.2, 0) is 11.2 Å². The van der Waals surface area contributed by atoms with Gasteiger partial charge in [-0.15, -0.1) is 0 Å². The molecule has 90 valence electrons. The number of benzene rings is 1. The minimum Gasteiger partial charge on any atom is -0.453 e. The zero-order valence-corrected chi connectivity index (χ0v) is 10.8. The molecule has 0 aromatic heterocycles. The highest BCUT2D eigenvalue weighted by molar-refractivity contribution is 6.35. The second kappa shape index (κ2) is 8.25. The number of amides is 1. The van der Waals surface area contributed by atoms with Crippen LogP contribution in [0.3, 0.4) is 0 Å². The van der Waals surface area contributed by atoms with E-state index in [0.29, 0.717) is 0 Å². The molecule has 0 unspecified atom stereocenters. The number of hydrogen-bond acceptors (Lipinski definition) is 2. The summed E-state index contributed by atoms with van der Waals surface area (Å²) in [6, 6.07) is 5.61. The second-order valence-electron chi connectivity index (χ2n) is 2.97. The van der Waals surface area contributed by atoms with Gasteiger partial charge in [0.15, 0.2) is 0 Å². The third-order valence-corrected chi connectivity index (χ3v) is 2.47. The summed E-state index contributed by atoms with van der Waals surface area (Å²) in [7, 11) is 1.22. The van der Waals surface area contributed by atoms with E-state index in [2.05, 4.69) is 17.4 Å². The summed E-state index contributed by atoms with van der Waals surface area (Å²) < 4.78 is 3.89. The van der Waals surface area contributed by atoms with Gasteiger partial charge in [0.25, 0.3) is 0 Å². The van der Waals surface area contributed by atoms with Gasteiger partial charge in [0.2, 0.25) is 0 Å². The molecule has 16 heavy (non-hydrogen) atoms. The first-order chi connectivity index (χ1) is 7.52. The van der Waals surface area contributed by atoms with Crippen molar-refractivity contribution >= 4 is 29.3 Å². The average molecular weight is 264 g/mol. The maximum absolute atomic E-state index is 9.37. The smallest absolute Gasteiger partial charge is 0.404 e. The molecule has 0 fully saturated rings. The summed E-state index contributed by atoms with van der Waals surface area (Å²) in [6.07, 6.45) is 1.28. The van der Waals surface area contributed by atoms with Crippen molar-refractivity contribution in [3.63, 3.8) is 0 Å². The fourth-order valence-electron chi connectivity index (χ4n) is 1.02. The Balaban J connectivity index is 0.000000385. The molecule has 0 atom stereocenters. The van der Waals surface area contributed by atoms with Gasteiger partial charge in [-0.3, -0.25) is 0 Å². The van der Waals surface area contributed by atoms with Crippen molar-refractivity contribution in [3.8, 4) is 0 Å². The zero-order valence-electron chi connectivity index (χ0n) is 9.30. The minimum atomic E-state index is -0.745. The number of carbonyl (C=O) groups excluding carboxylic acids is 1. The highest BCUT2D eigenvalue weighted by Gasteiger charge is 2.02. The number of ether oxygens (including phenoxy) is 1. The molecule has 1 aromatic carbocycles. The Kier molecular flexibility index (Phi) is 7.77. The number of halogens is 2. The van der Waals surface area contributed by atoms with Crippen molar-refractivity contribution in [1.29, 1.82) is 0 Å². The predicted molar refractivity (Wildman–Crippen MR) is 67.0 cm³/mol. The molecule has 1 aromatic rings. The third-order valence-electron chi connectivity index (χ3n) is 1.76. The first-order valence-corrected chi connectivity index (χ1v) is 5.54. The number of rotatable bonds is 2. The number of nitrogens with two attached hydrogens (primary N) is 1. The Morgan fingerprint density at radius 2 is 1.81 bits per heavy atom. The lowest BCUT2D eigenvalue weighted by Crippen LogP contribution is -2.08. The molecular weight excluding hydrogens is 249 g/mol. The van der Waals surface area contributed by atoms with Crippen molar-refractivity contribution in [3.05, 3.63) is 33.8 Å². The first kappa shape index (κ1) is 15.1. The normalized spacial score (nSPS) is 9.00. The van der Waals surface area contributed by atoms with Gasteiger partial charge in [-0.2, -0.15) is 0 Å². The Labute approximate surface area is 105 Å². The van der Waals surface area contributed by atoms with E-state index in [1.807, 2.05) is 18.2 Å². The average Bonchev–Trinajstić information content (AvgIpc) is 2.24. The Hall–Kier alpha value is -0.930. The topological polar surface area (TPSA) is 52.3 Å². The molecule has 5 heteroatoms. The van der Waals surface area contributed by atoms with Crippen LogP contribution in [0.1, 0.15) is 18.9 Å². The highest BCUT2D eigenvalue weighted by Crippen LogP contribution is 2.25. The molecule has 0 bridgehead atoms. The van der Waals surface area contributed by atoms with Crippen LogP contribution in [0.15, 0.2) is 18.2 Å². The quantitative estimate of drug-likeness (QED) is 0.886. The van der Waals surface area contributed by atoms with E-state index >= 15 is 0 Å². The molecule has 2 N–H and O–H groups in total. The number of methoxy groups -OCH3 is 1. The van der Waals surface area contributed by atoms with E-state index < -0.39 is 6.09 Å². The van der Waals surface area contributed by atoms with E-state index in [1.54, 1.807) is 0 Å². The summed E-state index contributed by atoms with van der Waals surface area (Å²) in [5, 5.41) is 1.55. The minimum absolute atomic E-state index is 0.745. The van der Waals surface area contributed by atoms with Gasteiger partial charge < -0.3 is 10.5 Å². The molecule has 0 aliphatic carbocycles. The number of carbonyl (C=O) groups is 1. The first-order valence-electron chi connectivity index (χ1n) is 4.79. The maximum Gasteiger partial charge on any atom is 0.404 e. The Morgan fingerprint density at radius 3 is 2.12 bits per heavy atom. The van der Waals surface area contributed by atoms with Gasteiger partial charge >= 0.3 is 6.09 Å². The lowest BCUT2D eigenvalue weighted by Gasteiger charge is -2.03. The lowest BCUT2D eigenvalue weighted by atomic mass is 10.1. The maximum atomic E-state index is 9.37. The van der Waals surface area contributed by atoms with E-state index in [-0.39, 0.29) is 0 Å². The SMILES string of the molecule is CCCc1c(Cl)cccc1Cl.COC(N)=O. The fraction of sp³-hybridized carbons (Fsp3) is 0.364. The van der Waals surface area contributed by atoms with Crippen molar-refractivity contribution < 1.29 is 9.53 Å². The highest BCUT2D eigenvalue weighted by atomic mass is 35.5. The number of primary amides is 1. The predicted octanol–water partition coefficient (Wildman–Crippen LogP) is 3.66. The molecule has 0 radical (unpaired) electrons. The van der Waals surface area contributed by atoms with Crippen LogP contribution in [0, 0.1) is 0 Å². The van der Waals surface area contributed by atoms with E-state index in [4.69, 9.17) is 23.2 Å². The van der Waals surface area contributed by atoms with Crippen LogP contribution in [0.4, 0.5) is 4.79 Å². The van der Waals surface area contributed by atoms with Crippen LogP contribution in [0.25, 0.3) is 0 Å². The van der Waals surface area contributed by atoms with Gasteiger partial charge in [0.1, 0.15) is 0 Å². The second-order valence-corrected chi connectivity index (χ2v) is 3.79. The summed E-state index contributed by atoms with van der Waals surface area (Å²) in [6.45, 7) is 2.11. The molecule has 1 amide bonds. The summed E-state index contributed by atoms with van der Waals surface area (Å²) in [4.78, 5) is 9.37. The lowest BCUT2D eigenvalue weighted by molar-refractivity contribution is 0.182. The number of hydrogen-bond donors (Lipinski definition) is 1. The third kappa shape index (κ3) is 5.83. The molecule has 3 nitrogen and oxygen atoms in total. The summed E-state index contributed by atoms with van der Waals surface area (Å²) in [5.74, 6) is 0. The largest absolute Gasteiger partial charge is 0.453 e. The fourth-order valence-corrected chi connectivity index (χ4v) is 1.61. The van der Waals surface area contributed by atoms with Crippen molar-refractivity contribution in [1.82, 2.24) is 0 Å². The van der Waals surface area contributed by atoms with Crippen molar-refractivity contribution in [2.75, 3.05) is 7.11 Å². The molecule has 0 heterocycles. The molecule has 0 aliphatic heterocycles. The molecule has 0 saturated heterocycles. The molecule has 0 spiro atoms. The molecule has 0 saturated carbocycles. The Morgan fingerprint density at radius 1 is 1.38 bits per heavy atom. The molecule has 0 aliphatic rings. The zero-order chi connectivity index (χ0) is 12.6. The standard InChI is InChI=1S/C9H10Cl2.C2H5NO2/c1-2-4-7-8(10)5-3-6-9(7)11;1-5-2(3)4/h3,5-6H,2,4H2,1H3;1H3,(H2,3,4). The van der Waals surface area contributed by atoms with E-state index in [0.717, 1.165) is 28.5 Å². The molecular formula is C11H15Cl2NO2. The van der Waals surface area contributed by atoms with Crippen LogP contribution in [-0.4, -0.2) is 13.2 Å². The summed E-state index contributed by atoms with van der Waals surface area (Å²) in [5.41, 5.74) is 5.50. The van der Waals surface area contributed by atoms with E-state index in [9.17, 15) is 4.79 Å². The van der Waals surface area contributed by atoms with Crippen LogP contribution in [0.2, 0.25) is 10.0 Å². The Bertz CT molecular complexity index is 323. The van der Waals surface area contributed by atoms with Gasteiger partial charge in [-0.1, -0.05) is 42.6 Å². The van der Waals surface area contributed by atoms with Gasteiger partial charge in [-0.25, -0.2) is 4.79 Å². The van der Waals surface area contributed by atoms with Crippen molar-refractivity contribution in [2.24, 2.45) is 5.73 Å². The van der Waals surface area contributed by atoms with Crippen molar-refractivity contribution in [2.45, 2.75) is 19.8 Å². The monoisotopic (exact) mass is 263 g/mol. The summed E-state index contributed by atoms with van der Waals surface area (Å²) >= 11 is 11.8. The molecule has 1 rings (SSSR count). The van der Waals surface area contributed by atoms with Gasteiger partial charge in [0.05, 0.1) is 7.11 Å². The van der Waals surface area contributed by atoms with Gasteiger partial charge in [0, 0.05) is 10.0 Å². The van der Waals surface area contributed by atoms with Crippen LogP contribution >= 0.6 is 23.2 Å². The van der Waals surface area contributed by atoms with Crippen LogP contribution in [0.5, 0.6) is 0 Å². The van der Waals surface area contributed by atoms with Gasteiger partial charge in [-0.05, 0) is 24.1 Å². The van der Waals surface area contributed by atoms with Crippen LogP contribution < -0.4 is 5.73 Å². The van der Waals surface area contributed by atoms with E-state index in [1.165, 1.54) is 7.11 Å².